The number of rotatable bonds is 3. The Morgan fingerprint density at radius 2 is 2.06 bits per heavy atom. The topological polar surface area (TPSA) is 79.9 Å². The van der Waals surface area contributed by atoms with Crippen LogP contribution in [-0.4, -0.2) is 28.2 Å². The van der Waals surface area contributed by atoms with E-state index in [0.717, 1.165) is 12.1 Å². The van der Waals surface area contributed by atoms with Crippen molar-refractivity contribution >= 4 is 11.9 Å². The minimum Gasteiger partial charge on any atom is -0.466 e. The molecule has 8 heteroatoms. The van der Waals surface area contributed by atoms with E-state index in [1.807, 2.05) is 0 Å². The van der Waals surface area contributed by atoms with Gasteiger partial charge in [0.1, 0.15) is 17.2 Å². The second-order valence-electron chi connectivity index (χ2n) is 3.22. The molecule has 94 valence electrons. The van der Waals surface area contributed by atoms with Crippen LogP contribution in [0.5, 0.6) is 6.01 Å². The second kappa shape index (κ2) is 4.78. The quantitative estimate of drug-likeness (QED) is 0.866. The van der Waals surface area contributed by atoms with Crippen LogP contribution in [0.15, 0.2) is 18.2 Å². The molecule has 0 atom stereocenters. The molecule has 18 heavy (non-hydrogen) atoms. The summed E-state index contributed by atoms with van der Waals surface area (Å²) < 4.78 is 31.3. The molecule has 1 amide bonds. The molecule has 1 heterocycles. The summed E-state index contributed by atoms with van der Waals surface area (Å²) in [6, 6.07) is 3.14. The van der Waals surface area contributed by atoms with Gasteiger partial charge in [-0.1, -0.05) is 6.07 Å². The highest BCUT2D eigenvalue weighted by atomic mass is 19.1. The van der Waals surface area contributed by atoms with Gasteiger partial charge in [-0.15, -0.1) is 5.10 Å². The molecular formula is C10H8F2N4O2. The number of nitrogens with zero attached hydrogens (tertiary/aromatic N) is 2. The molecule has 0 saturated carbocycles. The van der Waals surface area contributed by atoms with Crippen LogP contribution in [0.2, 0.25) is 0 Å². The van der Waals surface area contributed by atoms with Gasteiger partial charge < -0.3 is 4.74 Å². The number of aromatic amines is 1. The van der Waals surface area contributed by atoms with Crippen molar-refractivity contribution in [1.82, 2.24) is 15.2 Å². The first kappa shape index (κ1) is 12.0. The third-order valence-corrected chi connectivity index (χ3v) is 2.07. The summed E-state index contributed by atoms with van der Waals surface area (Å²) >= 11 is 0. The minimum atomic E-state index is -0.968. The Balaban J connectivity index is 2.22. The maximum Gasteiger partial charge on any atom is 0.336 e. The summed E-state index contributed by atoms with van der Waals surface area (Å²) in [5, 5.41) is 8.07. The molecule has 1 aromatic heterocycles. The molecule has 0 aliphatic heterocycles. The van der Waals surface area contributed by atoms with E-state index in [9.17, 15) is 13.6 Å². The van der Waals surface area contributed by atoms with Crippen LogP contribution < -0.4 is 10.1 Å². The van der Waals surface area contributed by atoms with Gasteiger partial charge in [-0.05, 0) is 12.1 Å². The van der Waals surface area contributed by atoms with Crippen molar-refractivity contribution in [2.45, 2.75) is 0 Å². The van der Waals surface area contributed by atoms with Crippen LogP contribution in [-0.2, 0) is 0 Å². The Hall–Kier alpha value is -2.51. The van der Waals surface area contributed by atoms with Gasteiger partial charge in [-0.3, -0.25) is 10.1 Å². The largest absolute Gasteiger partial charge is 0.466 e. The van der Waals surface area contributed by atoms with E-state index >= 15 is 0 Å². The predicted octanol–water partition coefficient (Wildman–Crippen LogP) is 1.34. The molecule has 0 radical (unpaired) electrons. The van der Waals surface area contributed by atoms with Crippen LogP contribution in [0.1, 0.15) is 10.4 Å². The Morgan fingerprint density at radius 1 is 1.39 bits per heavy atom. The summed E-state index contributed by atoms with van der Waals surface area (Å²) in [6.07, 6.45) is 0. The fraction of sp³-hybridized carbons (Fsp3) is 0.100. The Morgan fingerprint density at radius 3 is 2.61 bits per heavy atom. The zero-order valence-corrected chi connectivity index (χ0v) is 9.20. The number of anilines is 1. The smallest absolute Gasteiger partial charge is 0.336 e. The number of amides is 1. The lowest BCUT2D eigenvalue weighted by Gasteiger charge is -2.03. The standard InChI is InChI=1S/C10H8F2N4O2/c1-18-10-14-9(15-16-10)13-8(17)7-5(11)3-2-4-6(7)12/h2-4H,1H3,(H2,13,14,15,16,17). The number of methoxy groups -OCH3 is 1. The minimum absolute atomic E-state index is 0.000643. The number of hydrogen-bond acceptors (Lipinski definition) is 4. The van der Waals surface area contributed by atoms with E-state index in [1.165, 1.54) is 13.2 Å². The van der Waals surface area contributed by atoms with Gasteiger partial charge in [0.25, 0.3) is 5.91 Å². The van der Waals surface area contributed by atoms with Crippen molar-refractivity contribution in [1.29, 1.82) is 0 Å². The van der Waals surface area contributed by atoms with Crippen LogP contribution in [0, 0.1) is 11.6 Å². The Labute approximate surface area is 100.0 Å². The first-order chi connectivity index (χ1) is 8.61. The molecule has 0 fully saturated rings. The van der Waals surface area contributed by atoms with Gasteiger partial charge >= 0.3 is 6.01 Å². The summed E-state index contributed by atoms with van der Waals surface area (Å²) in [5.41, 5.74) is -0.687. The van der Waals surface area contributed by atoms with E-state index in [0.29, 0.717) is 0 Å². The molecule has 0 saturated heterocycles. The van der Waals surface area contributed by atoms with Gasteiger partial charge in [0.15, 0.2) is 0 Å². The van der Waals surface area contributed by atoms with Gasteiger partial charge in [0, 0.05) is 0 Å². The van der Waals surface area contributed by atoms with Gasteiger partial charge in [0.05, 0.1) is 7.11 Å². The molecule has 6 nitrogen and oxygen atoms in total. The van der Waals surface area contributed by atoms with Crippen molar-refractivity contribution in [3.8, 4) is 6.01 Å². The summed E-state index contributed by atoms with van der Waals surface area (Å²) in [7, 11) is 1.34. The van der Waals surface area contributed by atoms with Crippen molar-refractivity contribution in [2.75, 3.05) is 12.4 Å². The monoisotopic (exact) mass is 254 g/mol. The summed E-state index contributed by atoms with van der Waals surface area (Å²) in [6.45, 7) is 0. The van der Waals surface area contributed by atoms with Gasteiger partial charge in [0.2, 0.25) is 5.95 Å². The molecule has 0 aliphatic carbocycles. The first-order valence-electron chi connectivity index (χ1n) is 4.83. The van der Waals surface area contributed by atoms with E-state index < -0.39 is 23.1 Å². The number of ether oxygens (including phenoxy) is 1. The van der Waals surface area contributed by atoms with Crippen LogP contribution >= 0.6 is 0 Å². The third kappa shape index (κ3) is 2.26. The van der Waals surface area contributed by atoms with Crippen molar-refractivity contribution < 1.29 is 18.3 Å². The van der Waals surface area contributed by atoms with E-state index in [4.69, 9.17) is 0 Å². The fourth-order valence-corrected chi connectivity index (χ4v) is 1.28. The highest BCUT2D eigenvalue weighted by Gasteiger charge is 2.18. The number of carbonyl (C=O) groups excluding carboxylic acids is 1. The maximum absolute atomic E-state index is 13.3. The normalized spacial score (nSPS) is 10.2. The SMILES string of the molecule is COc1n[nH]c(NC(=O)c2c(F)cccc2F)n1. The maximum atomic E-state index is 13.3. The Kier molecular flexibility index (Phi) is 3.18. The lowest BCUT2D eigenvalue weighted by Crippen LogP contribution is -2.16. The summed E-state index contributed by atoms with van der Waals surface area (Å²) in [5.74, 6) is -2.96. The van der Waals surface area contributed by atoms with Crippen molar-refractivity contribution in [2.24, 2.45) is 0 Å². The lowest BCUT2D eigenvalue weighted by atomic mass is 10.2. The number of nitrogens with one attached hydrogen (secondary N) is 2. The molecule has 2 N–H and O–H groups in total. The molecular weight excluding hydrogens is 246 g/mol. The number of benzene rings is 1. The first-order valence-corrected chi connectivity index (χ1v) is 4.83. The average molecular weight is 254 g/mol. The van der Waals surface area contributed by atoms with E-state index in [-0.39, 0.29) is 12.0 Å². The fourth-order valence-electron chi connectivity index (χ4n) is 1.28. The third-order valence-electron chi connectivity index (χ3n) is 2.07. The highest BCUT2D eigenvalue weighted by Crippen LogP contribution is 2.14. The molecule has 0 unspecified atom stereocenters. The molecule has 0 bridgehead atoms. The second-order valence-corrected chi connectivity index (χ2v) is 3.22. The van der Waals surface area contributed by atoms with Crippen LogP contribution in [0.25, 0.3) is 0 Å². The number of halogens is 2. The summed E-state index contributed by atoms with van der Waals surface area (Å²) in [4.78, 5) is 15.3. The predicted molar refractivity (Wildman–Crippen MR) is 57.2 cm³/mol. The van der Waals surface area contributed by atoms with Crippen molar-refractivity contribution in [3.05, 3.63) is 35.4 Å². The highest BCUT2D eigenvalue weighted by molar-refractivity contribution is 6.03. The lowest BCUT2D eigenvalue weighted by molar-refractivity contribution is 0.101. The molecule has 2 rings (SSSR count). The van der Waals surface area contributed by atoms with Gasteiger partial charge in [-0.25, -0.2) is 13.9 Å². The number of hydrogen-bond donors (Lipinski definition) is 2. The van der Waals surface area contributed by atoms with Crippen LogP contribution in [0.4, 0.5) is 14.7 Å². The zero-order chi connectivity index (χ0) is 13.1. The number of H-pyrrole nitrogens is 1. The van der Waals surface area contributed by atoms with Gasteiger partial charge in [-0.2, -0.15) is 4.98 Å². The average Bonchev–Trinajstić information content (AvgIpc) is 2.76. The van der Waals surface area contributed by atoms with Crippen molar-refractivity contribution in [3.63, 3.8) is 0 Å². The zero-order valence-electron chi connectivity index (χ0n) is 9.20. The van der Waals surface area contributed by atoms with E-state index in [2.05, 4.69) is 25.2 Å². The number of aromatic nitrogens is 3. The molecule has 0 aliphatic rings. The molecule has 2 aromatic rings. The number of carbonyl (C=O) groups is 1. The molecule has 1 aromatic carbocycles. The van der Waals surface area contributed by atoms with E-state index in [1.54, 1.807) is 0 Å². The molecule has 0 spiro atoms. The van der Waals surface area contributed by atoms with Crippen LogP contribution in [0.3, 0.4) is 0 Å². The Bertz CT molecular complexity index is 565.